The molecule has 0 spiro atoms. The van der Waals surface area contributed by atoms with Crippen LogP contribution in [0.5, 0.6) is 5.88 Å². The van der Waals surface area contributed by atoms with Crippen LogP contribution in [-0.2, 0) is 25.5 Å². The third-order valence-electron chi connectivity index (χ3n) is 5.41. The molecule has 1 aliphatic heterocycles. The van der Waals surface area contributed by atoms with Crippen molar-refractivity contribution < 1.29 is 23.2 Å². The Morgan fingerprint density at radius 1 is 1.36 bits per heavy atom. The Hall–Kier alpha value is -1.10. The molecule has 3 heterocycles. The van der Waals surface area contributed by atoms with Gasteiger partial charge in [-0.25, -0.2) is 14.4 Å². The van der Waals surface area contributed by atoms with E-state index in [2.05, 4.69) is 48.8 Å². The van der Waals surface area contributed by atoms with Crippen LogP contribution in [0, 0.1) is 0 Å². The number of alkyl halides is 1. The summed E-state index contributed by atoms with van der Waals surface area (Å²) in [6.45, 7) is 10.5. The van der Waals surface area contributed by atoms with E-state index in [0.717, 1.165) is 0 Å². The molecular formula is C16H24FN4O4PSSi. The van der Waals surface area contributed by atoms with Crippen LogP contribution in [0.25, 0.3) is 11.2 Å². The fourth-order valence-electron chi connectivity index (χ4n) is 2.84. The maximum Gasteiger partial charge on any atom is 0.242 e. The number of nitrogens with zero attached hydrogens (tertiary/aromatic N) is 4. The van der Waals surface area contributed by atoms with Gasteiger partial charge in [0.05, 0.1) is 12.9 Å². The number of aromatic nitrogens is 4. The van der Waals surface area contributed by atoms with Crippen LogP contribution in [0.3, 0.4) is 0 Å². The second-order valence-electron chi connectivity index (χ2n) is 8.24. The summed E-state index contributed by atoms with van der Waals surface area (Å²) in [7, 11) is -1.95. The molecule has 4 atom stereocenters. The Morgan fingerprint density at radius 3 is 2.71 bits per heavy atom. The van der Waals surface area contributed by atoms with Crippen molar-refractivity contribution in [2.24, 2.45) is 0 Å². The summed E-state index contributed by atoms with van der Waals surface area (Å²) in [6, 6.07) is 0. The molecule has 3 rings (SSSR count). The summed E-state index contributed by atoms with van der Waals surface area (Å²) < 4.78 is 34.7. The second-order valence-corrected chi connectivity index (χ2v) is 13.9. The molecule has 1 aliphatic rings. The van der Waals surface area contributed by atoms with E-state index in [-0.39, 0.29) is 28.7 Å². The molecular weight excluding hydrogens is 422 g/mol. The highest BCUT2D eigenvalue weighted by Gasteiger charge is 2.51. The summed E-state index contributed by atoms with van der Waals surface area (Å²) in [5.74, 6) is -0.268. The Morgan fingerprint density at radius 2 is 2.07 bits per heavy atom. The standard InChI is InChI=1S/C16H24FN4O4PSSi/c1-16(2,3)28(4,5)25-12-9(6-23-26-27)24-15(10(12)17)21-8-20-11-13(21)18-7-19-14(11)22/h7-10,12,15H,6H2,1-5H3,(H,18,19,22)/t9-,10-,12?,15-/m1/s1. The largest absolute Gasteiger partial charge is 0.492 e. The first-order valence-electron chi connectivity index (χ1n) is 8.85. The minimum absolute atomic E-state index is 0.0901. The lowest BCUT2D eigenvalue weighted by Gasteiger charge is -2.39. The first kappa shape index (κ1) is 21.6. The molecule has 0 aliphatic carbocycles. The van der Waals surface area contributed by atoms with Gasteiger partial charge in [0.25, 0.3) is 0 Å². The van der Waals surface area contributed by atoms with E-state index < -0.39 is 32.9 Å². The molecule has 0 aromatic carbocycles. The van der Waals surface area contributed by atoms with E-state index in [1.807, 2.05) is 0 Å². The van der Waals surface area contributed by atoms with E-state index >= 15 is 4.39 Å². The highest BCUT2D eigenvalue weighted by molar-refractivity contribution is 7.94. The second kappa shape index (κ2) is 7.96. The topological polar surface area (TPSA) is 91.5 Å². The average molecular weight is 447 g/mol. The fourth-order valence-corrected chi connectivity index (χ4v) is 4.55. The molecule has 0 saturated carbocycles. The third-order valence-corrected chi connectivity index (χ3v) is 10.5. The van der Waals surface area contributed by atoms with Gasteiger partial charge in [0, 0.05) is 0 Å². The number of imidazole rings is 1. The normalized spacial score (nSPS) is 26.4. The lowest BCUT2D eigenvalue weighted by Crippen LogP contribution is -2.49. The summed E-state index contributed by atoms with van der Waals surface area (Å²) in [4.78, 5) is 11.9. The molecule has 0 amide bonds. The minimum atomic E-state index is -2.26. The van der Waals surface area contributed by atoms with Gasteiger partial charge in [-0.3, -0.25) is 4.57 Å². The van der Waals surface area contributed by atoms with Crippen LogP contribution in [0.2, 0.25) is 18.1 Å². The predicted molar refractivity (Wildman–Crippen MR) is 108 cm³/mol. The lowest BCUT2D eigenvalue weighted by atomic mass is 10.1. The van der Waals surface area contributed by atoms with E-state index in [0.29, 0.717) is 7.58 Å². The number of hydrogen-bond donors (Lipinski definition) is 1. The average Bonchev–Trinajstić information content (AvgIpc) is 3.15. The Bertz CT molecular complexity index is 865. The first-order valence-corrected chi connectivity index (χ1v) is 13.6. The Labute approximate surface area is 170 Å². The van der Waals surface area contributed by atoms with E-state index in [4.69, 9.17) is 25.5 Å². The molecule has 1 fully saturated rings. The van der Waals surface area contributed by atoms with Crippen molar-refractivity contribution in [3.63, 3.8) is 0 Å². The number of hydrogen-bond acceptors (Lipinski definition) is 8. The Balaban J connectivity index is 1.94. The molecule has 8 nitrogen and oxygen atoms in total. The molecule has 0 bridgehead atoms. The number of halogens is 1. The summed E-state index contributed by atoms with van der Waals surface area (Å²) in [5, 5.41) is 9.75. The van der Waals surface area contributed by atoms with Gasteiger partial charge in [-0.2, -0.15) is 4.98 Å². The highest BCUT2D eigenvalue weighted by Crippen LogP contribution is 2.43. The van der Waals surface area contributed by atoms with Gasteiger partial charge in [-0.15, -0.1) is 0 Å². The quantitative estimate of drug-likeness (QED) is 0.533. The van der Waals surface area contributed by atoms with Crippen molar-refractivity contribution >= 4 is 38.9 Å². The zero-order valence-corrected chi connectivity index (χ0v) is 19.1. The van der Waals surface area contributed by atoms with Crippen molar-refractivity contribution in [2.75, 3.05) is 6.61 Å². The van der Waals surface area contributed by atoms with Gasteiger partial charge in [0.2, 0.25) is 5.88 Å². The zero-order chi connectivity index (χ0) is 20.7. The number of fused-ring (bicyclic) bond motifs is 1. The molecule has 2 aromatic heterocycles. The third kappa shape index (κ3) is 3.96. The summed E-state index contributed by atoms with van der Waals surface area (Å²) >= 11 is 4.82. The van der Waals surface area contributed by atoms with E-state index in [1.54, 1.807) is 0 Å². The van der Waals surface area contributed by atoms with E-state index in [9.17, 15) is 5.11 Å². The zero-order valence-electron chi connectivity index (χ0n) is 16.4. The van der Waals surface area contributed by atoms with Gasteiger partial charge in [-0.1, -0.05) is 20.8 Å². The van der Waals surface area contributed by atoms with Crippen LogP contribution >= 0.6 is 7.58 Å². The highest BCUT2D eigenvalue weighted by atomic mass is 32.4. The predicted octanol–water partition coefficient (Wildman–Crippen LogP) is 3.50. The number of aromatic hydroxyl groups is 1. The van der Waals surface area contributed by atoms with Crippen LogP contribution in [0.1, 0.15) is 27.0 Å². The van der Waals surface area contributed by atoms with Crippen molar-refractivity contribution in [1.29, 1.82) is 0 Å². The smallest absolute Gasteiger partial charge is 0.242 e. The van der Waals surface area contributed by atoms with Crippen molar-refractivity contribution in [2.45, 2.75) is 63.5 Å². The van der Waals surface area contributed by atoms with Crippen molar-refractivity contribution in [3.05, 3.63) is 12.7 Å². The molecule has 12 heteroatoms. The van der Waals surface area contributed by atoms with Gasteiger partial charge in [0.1, 0.15) is 26.1 Å². The summed E-state index contributed by atoms with van der Waals surface area (Å²) in [6.07, 6.45) is -1.34. The van der Waals surface area contributed by atoms with Gasteiger partial charge in [-0.05, 0) is 29.9 Å². The van der Waals surface area contributed by atoms with Crippen LogP contribution in [0.4, 0.5) is 4.39 Å². The molecule has 2 aromatic rings. The molecule has 1 saturated heterocycles. The fraction of sp³-hybridized carbons (Fsp3) is 0.688. The summed E-state index contributed by atoms with van der Waals surface area (Å²) in [5.41, 5.74) is 0.470. The molecule has 1 unspecified atom stereocenters. The van der Waals surface area contributed by atoms with Gasteiger partial charge >= 0.3 is 0 Å². The monoisotopic (exact) mass is 446 g/mol. The molecule has 154 valence electrons. The maximum absolute atomic E-state index is 15.6. The Kier molecular flexibility index (Phi) is 6.14. The maximum atomic E-state index is 15.6. The van der Waals surface area contributed by atoms with Gasteiger partial charge in [0.15, 0.2) is 31.9 Å². The van der Waals surface area contributed by atoms with Gasteiger partial charge < -0.3 is 18.8 Å². The van der Waals surface area contributed by atoms with Crippen LogP contribution < -0.4 is 0 Å². The van der Waals surface area contributed by atoms with Crippen LogP contribution in [-0.4, -0.2) is 57.9 Å². The first-order chi connectivity index (χ1) is 13.1. The van der Waals surface area contributed by atoms with E-state index in [1.165, 1.54) is 17.2 Å². The SMILES string of the molecule is CC(C)(C)[Si](C)(C)OC1[C@@H](F)[C@H](n2cnc3c(O)ncnc32)O[C@@H]1COP=S. The number of ether oxygens (including phenoxy) is 1. The van der Waals surface area contributed by atoms with Crippen molar-refractivity contribution in [3.8, 4) is 5.88 Å². The minimum Gasteiger partial charge on any atom is -0.492 e. The molecule has 28 heavy (non-hydrogen) atoms. The number of rotatable bonds is 6. The molecule has 0 radical (unpaired) electrons. The lowest BCUT2D eigenvalue weighted by molar-refractivity contribution is -0.0375. The van der Waals surface area contributed by atoms with Crippen LogP contribution in [0.15, 0.2) is 12.7 Å². The molecule has 1 N–H and O–H groups in total. The van der Waals surface area contributed by atoms with Crippen molar-refractivity contribution in [1.82, 2.24) is 19.5 Å².